The average Bonchev–Trinajstić information content (AvgIpc) is 2.30. The average molecular weight is 270 g/mol. The van der Waals surface area contributed by atoms with Crippen molar-refractivity contribution in [2.45, 2.75) is 38.1 Å². The van der Waals surface area contributed by atoms with Crippen molar-refractivity contribution in [3.05, 3.63) is 17.0 Å². The molecule has 0 atom stereocenters. The molecule has 1 heterocycles. The van der Waals surface area contributed by atoms with Gasteiger partial charge in [-0.2, -0.15) is 0 Å². The minimum Gasteiger partial charge on any atom is -0.356 e. The van der Waals surface area contributed by atoms with Gasteiger partial charge in [0.15, 0.2) is 0 Å². The Balaban J connectivity index is 2.12. The number of aromatic nitrogens is 2. The largest absolute Gasteiger partial charge is 0.356 e. The fourth-order valence-corrected chi connectivity index (χ4v) is 2.71. The molecule has 0 amide bonds. The molecule has 1 fully saturated rings. The summed E-state index contributed by atoms with van der Waals surface area (Å²) >= 11 is 3.50. The highest BCUT2D eigenvalue weighted by Gasteiger charge is 2.20. The molecule has 0 N–H and O–H groups in total. The Morgan fingerprint density at radius 3 is 2.73 bits per heavy atom. The molecule has 0 unspecified atom stereocenters. The van der Waals surface area contributed by atoms with Crippen molar-refractivity contribution >= 4 is 21.7 Å². The van der Waals surface area contributed by atoms with E-state index >= 15 is 0 Å². The predicted octanol–water partition coefficient (Wildman–Crippen LogP) is 3.01. The molecule has 1 aliphatic carbocycles. The molecular weight excluding hydrogens is 254 g/mol. The van der Waals surface area contributed by atoms with Gasteiger partial charge < -0.3 is 4.90 Å². The van der Waals surface area contributed by atoms with Crippen molar-refractivity contribution in [2.75, 3.05) is 11.9 Å². The van der Waals surface area contributed by atoms with Crippen molar-refractivity contribution in [1.29, 1.82) is 0 Å². The highest BCUT2D eigenvalue weighted by atomic mass is 79.9. The zero-order valence-corrected chi connectivity index (χ0v) is 10.6. The highest BCUT2D eigenvalue weighted by molar-refractivity contribution is 9.10. The van der Waals surface area contributed by atoms with Gasteiger partial charge in [0.05, 0.1) is 4.47 Å². The molecule has 82 valence electrons. The Morgan fingerprint density at radius 2 is 2.07 bits per heavy atom. The van der Waals surface area contributed by atoms with Gasteiger partial charge in [-0.3, -0.25) is 0 Å². The van der Waals surface area contributed by atoms with Crippen LogP contribution in [0.2, 0.25) is 0 Å². The van der Waals surface area contributed by atoms with Crippen LogP contribution in [0.25, 0.3) is 0 Å². The van der Waals surface area contributed by atoms with E-state index in [0.29, 0.717) is 6.04 Å². The molecule has 15 heavy (non-hydrogen) atoms. The van der Waals surface area contributed by atoms with E-state index in [2.05, 4.69) is 37.8 Å². The van der Waals surface area contributed by atoms with Crippen molar-refractivity contribution in [2.24, 2.45) is 0 Å². The first-order valence-corrected chi connectivity index (χ1v) is 6.26. The Hall–Kier alpha value is -0.640. The second-order valence-electron chi connectivity index (χ2n) is 4.10. The predicted molar refractivity (Wildman–Crippen MR) is 65.0 cm³/mol. The maximum Gasteiger partial charge on any atom is 0.146 e. The zero-order valence-electron chi connectivity index (χ0n) is 8.99. The van der Waals surface area contributed by atoms with Crippen LogP contribution in [0.4, 0.5) is 5.82 Å². The summed E-state index contributed by atoms with van der Waals surface area (Å²) in [6, 6.07) is 0.643. The van der Waals surface area contributed by atoms with Crippen molar-refractivity contribution in [3.63, 3.8) is 0 Å². The van der Waals surface area contributed by atoms with E-state index in [0.717, 1.165) is 10.3 Å². The Bertz CT molecular complexity index is 323. The molecule has 4 heteroatoms. The topological polar surface area (TPSA) is 29.0 Å². The van der Waals surface area contributed by atoms with Gasteiger partial charge in [-0.1, -0.05) is 19.3 Å². The summed E-state index contributed by atoms with van der Waals surface area (Å²) in [5, 5.41) is 0. The minimum absolute atomic E-state index is 0.643. The van der Waals surface area contributed by atoms with E-state index in [1.807, 2.05) is 6.20 Å². The first kappa shape index (κ1) is 10.9. The summed E-state index contributed by atoms with van der Waals surface area (Å²) in [7, 11) is 2.13. The third kappa shape index (κ3) is 2.48. The minimum atomic E-state index is 0.643. The fourth-order valence-electron chi connectivity index (χ4n) is 2.21. The van der Waals surface area contributed by atoms with Crippen molar-refractivity contribution in [1.82, 2.24) is 9.97 Å². The molecule has 0 radical (unpaired) electrons. The number of rotatable bonds is 2. The van der Waals surface area contributed by atoms with Crippen LogP contribution in [-0.2, 0) is 0 Å². The quantitative estimate of drug-likeness (QED) is 0.827. The third-order valence-corrected chi connectivity index (χ3v) is 3.66. The number of halogens is 1. The van der Waals surface area contributed by atoms with Gasteiger partial charge in [0, 0.05) is 19.3 Å². The lowest BCUT2D eigenvalue weighted by Crippen LogP contribution is -2.34. The molecule has 2 rings (SSSR count). The first-order chi connectivity index (χ1) is 7.29. The maximum atomic E-state index is 4.32. The molecular formula is C11H16BrN3. The third-order valence-electron chi connectivity index (χ3n) is 3.10. The zero-order chi connectivity index (χ0) is 10.7. The summed E-state index contributed by atoms with van der Waals surface area (Å²) in [5.41, 5.74) is 0. The van der Waals surface area contributed by atoms with Gasteiger partial charge in [0.1, 0.15) is 12.1 Å². The number of anilines is 1. The number of hydrogen-bond donors (Lipinski definition) is 0. The lowest BCUT2D eigenvalue weighted by Gasteiger charge is -2.32. The molecule has 0 bridgehead atoms. The fraction of sp³-hybridized carbons (Fsp3) is 0.636. The van der Waals surface area contributed by atoms with Gasteiger partial charge >= 0.3 is 0 Å². The van der Waals surface area contributed by atoms with Crippen LogP contribution >= 0.6 is 15.9 Å². The van der Waals surface area contributed by atoms with E-state index < -0.39 is 0 Å². The normalized spacial score (nSPS) is 17.7. The summed E-state index contributed by atoms with van der Waals surface area (Å²) in [6.45, 7) is 0. The molecule has 0 spiro atoms. The van der Waals surface area contributed by atoms with Gasteiger partial charge in [-0.05, 0) is 28.8 Å². The number of hydrogen-bond acceptors (Lipinski definition) is 3. The van der Waals surface area contributed by atoms with Crippen LogP contribution in [0.5, 0.6) is 0 Å². The van der Waals surface area contributed by atoms with E-state index in [9.17, 15) is 0 Å². The molecule has 3 nitrogen and oxygen atoms in total. The Kier molecular flexibility index (Phi) is 3.57. The lowest BCUT2D eigenvalue weighted by atomic mass is 9.94. The molecule has 1 aromatic heterocycles. The molecule has 0 aliphatic heterocycles. The van der Waals surface area contributed by atoms with E-state index in [1.165, 1.54) is 32.1 Å². The van der Waals surface area contributed by atoms with Crippen LogP contribution in [0.15, 0.2) is 17.0 Å². The first-order valence-electron chi connectivity index (χ1n) is 5.47. The van der Waals surface area contributed by atoms with Crippen LogP contribution in [-0.4, -0.2) is 23.1 Å². The second kappa shape index (κ2) is 4.92. The Labute approximate surface area is 99.0 Å². The van der Waals surface area contributed by atoms with E-state index in [4.69, 9.17) is 0 Å². The van der Waals surface area contributed by atoms with Crippen LogP contribution in [0, 0.1) is 0 Å². The van der Waals surface area contributed by atoms with Crippen LogP contribution < -0.4 is 4.90 Å². The summed E-state index contributed by atoms with van der Waals surface area (Å²) < 4.78 is 0.984. The summed E-state index contributed by atoms with van der Waals surface area (Å²) in [5.74, 6) is 1.01. The maximum absolute atomic E-state index is 4.32. The van der Waals surface area contributed by atoms with Crippen LogP contribution in [0.3, 0.4) is 0 Å². The second-order valence-corrected chi connectivity index (χ2v) is 4.95. The summed E-state index contributed by atoms with van der Waals surface area (Å²) in [6.07, 6.45) is 10.1. The summed E-state index contributed by atoms with van der Waals surface area (Å²) in [4.78, 5) is 10.6. The van der Waals surface area contributed by atoms with E-state index in [-0.39, 0.29) is 0 Å². The van der Waals surface area contributed by atoms with Gasteiger partial charge in [-0.15, -0.1) is 0 Å². The molecule has 1 saturated carbocycles. The van der Waals surface area contributed by atoms with Crippen molar-refractivity contribution in [3.8, 4) is 0 Å². The SMILES string of the molecule is CN(c1ncncc1Br)C1CCCCC1. The standard InChI is InChI=1S/C11H16BrN3/c1-15(9-5-3-2-4-6-9)11-10(12)7-13-8-14-11/h7-9H,2-6H2,1H3. The van der Waals surface area contributed by atoms with E-state index in [1.54, 1.807) is 6.33 Å². The molecule has 1 aromatic rings. The van der Waals surface area contributed by atoms with Gasteiger partial charge in [0.25, 0.3) is 0 Å². The van der Waals surface area contributed by atoms with Crippen LogP contribution in [0.1, 0.15) is 32.1 Å². The monoisotopic (exact) mass is 269 g/mol. The molecule has 1 aliphatic rings. The molecule has 0 aromatic carbocycles. The smallest absolute Gasteiger partial charge is 0.146 e. The van der Waals surface area contributed by atoms with Crippen molar-refractivity contribution < 1.29 is 0 Å². The van der Waals surface area contributed by atoms with Gasteiger partial charge in [-0.25, -0.2) is 9.97 Å². The lowest BCUT2D eigenvalue weighted by molar-refractivity contribution is 0.425. The Morgan fingerprint density at radius 1 is 1.33 bits per heavy atom. The number of nitrogens with zero attached hydrogens (tertiary/aromatic N) is 3. The van der Waals surface area contributed by atoms with Gasteiger partial charge in [0.2, 0.25) is 0 Å². The highest BCUT2D eigenvalue weighted by Crippen LogP contribution is 2.28. The molecule has 0 saturated heterocycles.